The molecule has 0 bridgehead atoms. The zero-order chi connectivity index (χ0) is 10.0. The van der Waals surface area contributed by atoms with Crippen LogP contribution >= 0.6 is 39.1 Å². The molecule has 0 radical (unpaired) electrons. The Morgan fingerprint density at radius 3 is 2.54 bits per heavy atom. The second-order valence-electron chi connectivity index (χ2n) is 2.64. The molecular formula is C9H7BrCl2O. The van der Waals surface area contributed by atoms with E-state index in [2.05, 4.69) is 15.9 Å². The fourth-order valence-corrected chi connectivity index (χ4v) is 1.97. The molecule has 0 aliphatic rings. The first-order chi connectivity index (χ1) is 6.02. The minimum Gasteiger partial charge on any atom is -0.298 e. The molecule has 0 saturated heterocycles. The molecule has 0 saturated carbocycles. The Morgan fingerprint density at radius 1 is 1.46 bits per heavy atom. The van der Waals surface area contributed by atoms with Gasteiger partial charge in [-0.3, -0.25) is 4.79 Å². The topological polar surface area (TPSA) is 17.1 Å². The van der Waals surface area contributed by atoms with E-state index >= 15 is 0 Å². The zero-order valence-corrected chi connectivity index (χ0v) is 9.95. The van der Waals surface area contributed by atoms with E-state index in [-0.39, 0.29) is 10.6 Å². The predicted octanol–water partition coefficient (Wildman–Crippen LogP) is 4.02. The molecule has 0 N–H and O–H groups in total. The van der Waals surface area contributed by atoms with Crippen LogP contribution in [-0.4, -0.2) is 5.78 Å². The molecule has 1 rings (SSSR count). The maximum absolute atomic E-state index is 11.0. The van der Waals surface area contributed by atoms with E-state index < -0.39 is 0 Å². The molecular weight excluding hydrogens is 275 g/mol. The molecule has 1 atom stereocenters. The Hall–Kier alpha value is -0.0500. The van der Waals surface area contributed by atoms with Gasteiger partial charge >= 0.3 is 0 Å². The third-order valence-electron chi connectivity index (χ3n) is 1.59. The standard InChI is InChI=1S/C9H7BrCl2O/c1-5(13)9(10)7-3-2-6(11)4-8(7)12/h2-4,9H,1H3. The number of Topliss-reactive ketones (excluding diaryl/α,β-unsaturated/α-hetero) is 1. The van der Waals surface area contributed by atoms with Gasteiger partial charge in [0.15, 0.2) is 0 Å². The first kappa shape index (κ1) is 11.0. The maximum atomic E-state index is 11.0. The fraction of sp³-hybridized carbons (Fsp3) is 0.222. The monoisotopic (exact) mass is 280 g/mol. The van der Waals surface area contributed by atoms with E-state index in [4.69, 9.17) is 23.2 Å². The van der Waals surface area contributed by atoms with Crippen molar-refractivity contribution in [3.05, 3.63) is 33.8 Å². The van der Waals surface area contributed by atoms with Crippen LogP contribution in [0, 0.1) is 0 Å². The summed E-state index contributed by atoms with van der Waals surface area (Å²) in [6.07, 6.45) is 0. The van der Waals surface area contributed by atoms with Gasteiger partial charge in [-0.25, -0.2) is 0 Å². The van der Waals surface area contributed by atoms with Crippen molar-refractivity contribution in [3.8, 4) is 0 Å². The van der Waals surface area contributed by atoms with Gasteiger partial charge in [-0.05, 0) is 24.6 Å². The number of ketones is 1. The zero-order valence-electron chi connectivity index (χ0n) is 6.85. The van der Waals surface area contributed by atoms with Gasteiger partial charge in [0.25, 0.3) is 0 Å². The van der Waals surface area contributed by atoms with Crippen molar-refractivity contribution in [2.75, 3.05) is 0 Å². The molecule has 0 fully saturated rings. The van der Waals surface area contributed by atoms with E-state index in [1.54, 1.807) is 18.2 Å². The normalized spacial score (nSPS) is 12.6. The van der Waals surface area contributed by atoms with Crippen LogP contribution in [0.2, 0.25) is 10.0 Å². The van der Waals surface area contributed by atoms with Crippen LogP contribution in [0.25, 0.3) is 0 Å². The average Bonchev–Trinajstić information content (AvgIpc) is 2.03. The second kappa shape index (κ2) is 4.45. The van der Waals surface area contributed by atoms with Crippen molar-refractivity contribution >= 4 is 44.9 Å². The highest BCUT2D eigenvalue weighted by molar-refractivity contribution is 9.09. The highest BCUT2D eigenvalue weighted by Crippen LogP contribution is 2.31. The van der Waals surface area contributed by atoms with Gasteiger partial charge in [-0.2, -0.15) is 0 Å². The Balaban J connectivity index is 3.08. The minimum atomic E-state index is -0.350. The summed E-state index contributed by atoms with van der Waals surface area (Å²) in [4.78, 5) is 10.7. The molecule has 4 heteroatoms. The summed E-state index contributed by atoms with van der Waals surface area (Å²) in [6, 6.07) is 5.07. The van der Waals surface area contributed by atoms with Crippen molar-refractivity contribution in [2.45, 2.75) is 11.8 Å². The SMILES string of the molecule is CC(=O)C(Br)c1ccc(Cl)cc1Cl. The van der Waals surface area contributed by atoms with Crippen molar-refractivity contribution in [1.29, 1.82) is 0 Å². The van der Waals surface area contributed by atoms with Crippen molar-refractivity contribution < 1.29 is 4.79 Å². The van der Waals surface area contributed by atoms with Crippen LogP contribution < -0.4 is 0 Å². The van der Waals surface area contributed by atoms with E-state index in [0.29, 0.717) is 10.0 Å². The Kier molecular flexibility index (Phi) is 3.77. The summed E-state index contributed by atoms with van der Waals surface area (Å²) in [6.45, 7) is 1.50. The number of carbonyl (C=O) groups excluding carboxylic acids is 1. The minimum absolute atomic E-state index is 0.0178. The lowest BCUT2D eigenvalue weighted by Gasteiger charge is -2.08. The number of rotatable bonds is 2. The van der Waals surface area contributed by atoms with E-state index in [1.165, 1.54) is 6.92 Å². The average molecular weight is 282 g/mol. The van der Waals surface area contributed by atoms with Crippen molar-refractivity contribution in [3.63, 3.8) is 0 Å². The first-order valence-corrected chi connectivity index (χ1v) is 5.29. The van der Waals surface area contributed by atoms with Crippen LogP contribution in [0.3, 0.4) is 0 Å². The molecule has 13 heavy (non-hydrogen) atoms. The molecule has 0 aromatic heterocycles. The number of carbonyl (C=O) groups is 1. The summed E-state index contributed by atoms with van der Waals surface area (Å²) in [5, 5.41) is 1.07. The number of halogens is 3. The summed E-state index contributed by atoms with van der Waals surface area (Å²) in [5.41, 5.74) is 0.749. The van der Waals surface area contributed by atoms with E-state index in [0.717, 1.165) is 5.56 Å². The molecule has 1 aromatic carbocycles. The summed E-state index contributed by atoms with van der Waals surface area (Å²) >= 11 is 14.9. The van der Waals surface area contributed by atoms with Gasteiger partial charge in [0.05, 0.1) is 4.83 Å². The van der Waals surface area contributed by atoms with E-state index in [9.17, 15) is 4.79 Å². The second-order valence-corrected chi connectivity index (χ2v) is 4.40. The highest BCUT2D eigenvalue weighted by Gasteiger charge is 2.15. The molecule has 1 nitrogen and oxygen atoms in total. The molecule has 70 valence electrons. The third kappa shape index (κ3) is 2.70. The molecule has 0 amide bonds. The van der Waals surface area contributed by atoms with Crippen molar-refractivity contribution in [1.82, 2.24) is 0 Å². The number of alkyl halides is 1. The van der Waals surface area contributed by atoms with Gasteiger partial charge in [0.2, 0.25) is 0 Å². The third-order valence-corrected chi connectivity index (χ3v) is 3.29. The van der Waals surface area contributed by atoms with Gasteiger partial charge in [-0.1, -0.05) is 45.2 Å². The summed E-state index contributed by atoms with van der Waals surface area (Å²) < 4.78 is 0. The summed E-state index contributed by atoms with van der Waals surface area (Å²) in [7, 11) is 0. The molecule has 0 aliphatic heterocycles. The highest BCUT2D eigenvalue weighted by atomic mass is 79.9. The fourth-order valence-electron chi connectivity index (χ4n) is 0.926. The van der Waals surface area contributed by atoms with E-state index in [1.807, 2.05) is 0 Å². The molecule has 0 aliphatic carbocycles. The Morgan fingerprint density at radius 2 is 2.08 bits per heavy atom. The Labute approximate surface area is 95.2 Å². The molecule has 0 spiro atoms. The van der Waals surface area contributed by atoms with Crippen molar-refractivity contribution in [2.24, 2.45) is 0 Å². The smallest absolute Gasteiger partial charge is 0.147 e. The Bertz CT molecular complexity index is 338. The number of hydrogen-bond donors (Lipinski definition) is 0. The molecule has 1 unspecified atom stereocenters. The van der Waals surface area contributed by atoms with Crippen LogP contribution in [0.5, 0.6) is 0 Å². The summed E-state index contributed by atoms with van der Waals surface area (Å²) in [5.74, 6) is 0.0178. The van der Waals surface area contributed by atoms with Crippen LogP contribution in [0.4, 0.5) is 0 Å². The lowest BCUT2D eigenvalue weighted by molar-refractivity contribution is -0.116. The predicted molar refractivity (Wildman–Crippen MR) is 58.8 cm³/mol. The number of hydrogen-bond acceptors (Lipinski definition) is 1. The van der Waals surface area contributed by atoms with Crippen LogP contribution in [0.1, 0.15) is 17.3 Å². The molecule has 0 heterocycles. The van der Waals surface area contributed by atoms with Gasteiger partial charge < -0.3 is 0 Å². The maximum Gasteiger partial charge on any atom is 0.147 e. The number of benzene rings is 1. The largest absolute Gasteiger partial charge is 0.298 e. The lowest BCUT2D eigenvalue weighted by Crippen LogP contribution is -2.01. The quantitative estimate of drug-likeness (QED) is 0.749. The van der Waals surface area contributed by atoms with Gasteiger partial charge in [-0.15, -0.1) is 0 Å². The molecule has 1 aromatic rings. The van der Waals surface area contributed by atoms with Gasteiger partial charge in [0, 0.05) is 10.0 Å². The van der Waals surface area contributed by atoms with Gasteiger partial charge in [0.1, 0.15) is 5.78 Å². The first-order valence-electron chi connectivity index (χ1n) is 3.62. The lowest BCUT2D eigenvalue weighted by atomic mass is 10.1. The van der Waals surface area contributed by atoms with Crippen LogP contribution in [-0.2, 0) is 4.79 Å². The van der Waals surface area contributed by atoms with Crippen LogP contribution in [0.15, 0.2) is 18.2 Å².